The van der Waals surface area contributed by atoms with E-state index in [4.69, 9.17) is 0 Å². The molecular formula is C14H24N2O2S2. The van der Waals surface area contributed by atoms with Gasteiger partial charge in [-0.05, 0) is 42.7 Å². The second-order valence-corrected chi connectivity index (χ2v) is 8.31. The van der Waals surface area contributed by atoms with Gasteiger partial charge < -0.3 is 5.32 Å². The highest BCUT2D eigenvalue weighted by atomic mass is 32.2. The first-order valence-electron chi connectivity index (χ1n) is 7.25. The Balaban J connectivity index is 2.12. The van der Waals surface area contributed by atoms with E-state index in [1.807, 2.05) is 12.3 Å². The lowest BCUT2D eigenvalue weighted by molar-refractivity contribution is 0.402. The van der Waals surface area contributed by atoms with Crippen molar-refractivity contribution in [3.8, 4) is 0 Å². The van der Waals surface area contributed by atoms with Crippen LogP contribution in [-0.4, -0.2) is 21.0 Å². The van der Waals surface area contributed by atoms with Crippen LogP contribution in [0.15, 0.2) is 16.3 Å². The molecule has 20 heavy (non-hydrogen) atoms. The fourth-order valence-corrected chi connectivity index (χ4v) is 5.50. The molecule has 1 aliphatic carbocycles. The number of hydrogen-bond donors (Lipinski definition) is 2. The van der Waals surface area contributed by atoms with Crippen LogP contribution >= 0.6 is 11.3 Å². The molecule has 0 amide bonds. The zero-order valence-electron chi connectivity index (χ0n) is 12.3. The van der Waals surface area contributed by atoms with E-state index in [-0.39, 0.29) is 6.04 Å². The molecule has 3 atom stereocenters. The first-order chi connectivity index (χ1) is 9.45. The van der Waals surface area contributed by atoms with Crippen molar-refractivity contribution in [2.75, 3.05) is 6.54 Å². The van der Waals surface area contributed by atoms with Gasteiger partial charge >= 0.3 is 0 Å². The normalized spacial score (nSPS) is 27.1. The highest BCUT2D eigenvalue weighted by molar-refractivity contribution is 7.89. The van der Waals surface area contributed by atoms with E-state index in [2.05, 4.69) is 23.9 Å². The zero-order valence-corrected chi connectivity index (χ0v) is 14.0. The lowest BCUT2D eigenvalue weighted by Gasteiger charge is -2.19. The Morgan fingerprint density at radius 3 is 2.70 bits per heavy atom. The van der Waals surface area contributed by atoms with Gasteiger partial charge in [-0.1, -0.05) is 20.8 Å². The van der Waals surface area contributed by atoms with E-state index < -0.39 is 10.0 Å². The van der Waals surface area contributed by atoms with Gasteiger partial charge in [0, 0.05) is 17.5 Å². The Hall–Kier alpha value is -0.430. The van der Waals surface area contributed by atoms with E-state index >= 15 is 0 Å². The Morgan fingerprint density at radius 1 is 1.35 bits per heavy atom. The summed E-state index contributed by atoms with van der Waals surface area (Å²) in [5.41, 5.74) is 0. The summed E-state index contributed by atoms with van der Waals surface area (Å²) >= 11 is 1.49. The van der Waals surface area contributed by atoms with E-state index in [1.165, 1.54) is 11.3 Å². The minimum Gasteiger partial charge on any atom is -0.312 e. The van der Waals surface area contributed by atoms with Crippen molar-refractivity contribution in [1.29, 1.82) is 0 Å². The Bertz CT molecular complexity index is 539. The van der Waals surface area contributed by atoms with Crippen LogP contribution < -0.4 is 10.0 Å². The smallest absolute Gasteiger partial charge is 0.241 e. The van der Waals surface area contributed by atoms with Crippen molar-refractivity contribution in [1.82, 2.24) is 10.0 Å². The molecule has 1 saturated carbocycles. The van der Waals surface area contributed by atoms with Crippen molar-refractivity contribution in [3.05, 3.63) is 16.3 Å². The van der Waals surface area contributed by atoms with Gasteiger partial charge in [-0.15, -0.1) is 11.3 Å². The second-order valence-electron chi connectivity index (χ2n) is 5.63. The predicted molar refractivity (Wildman–Crippen MR) is 83.4 cm³/mol. The van der Waals surface area contributed by atoms with Crippen LogP contribution in [0.1, 0.15) is 38.5 Å². The second kappa shape index (κ2) is 6.56. The fraction of sp³-hybridized carbons (Fsp3) is 0.714. The third-order valence-corrected chi connectivity index (χ3v) is 6.93. The summed E-state index contributed by atoms with van der Waals surface area (Å²) in [5, 5.41) is 5.04. The summed E-state index contributed by atoms with van der Waals surface area (Å²) < 4.78 is 28.0. The molecule has 4 nitrogen and oxygen atoms in total. The summed E-state index contributed by atoms with van der Waals surface area (Å²) in [6.45, 7) is 7.79. The summed E-state index contributed by atoms with van der Waals surface area (Å²) in [6.07, 6.45) is 2.04. The van der Waals surface area contributed by atoms with Gasteiger partial charge in [0.1, 0.15) is 0 Å². The Morgan fingerprint density at radius 2 is 2.10 bits per heavy atom. The van der Waals surface area contributed by atoms with Crippen LogP contribution in [-0.2, 0) is 16.6 Å². The molecule has 0 aliphatic heterocycles. The standard InChI is InChI=1S/C14H24N2O2S2/c1-4-15-9-13-14(7-8-19-13)20(17,18)16-12-6-5-10(2)11(12)3/h7-8,10-12,15-16H,4-6,9H2,1-3H3. The molecule has 0 saturated heterocycles. The number of thiophene rings is 1. The van der Waals surface area contributed by atoms with Crippen molar-refractivity contribution in [2.45, 2.75) is 51.1 Å². The van der Waals surface area contributed by atoms with Gasteiger partial charge in [0.2, 0.25) is 10.0 Å². The largest absolute Gasteiger partial charge is 0.312 e. The molecule has 3 unspecified atom stereocenters. The number of rotatable bonds is 6. The summed E-state index contributed by atoms with van der Waals surface area (Å²) in [7, 11) is -3.40. The maximum atomic E-state index is 12.6. The lowest BCUT2D eigenvalue weighted by atomic mass is 9.98. The predicted octanol–water partition coefficient (Wildman–Crippen LogP) is 2.57. The maximum Gasteiger partial charge on any atom is 0.241 e. The molecule has 1 heterocycles. The van der Waals surface area contributed by atoms with E-state index in [0.29, 0.717) is 23.3 Å². The van der Waals surface area contributed by atoms with Gasteiger partial charge in [-0.3, -0.25) is 0 Å². The van der Waals surface area contributed by atoms with Crippen LogP contribution in [0, 0.1) is 11.8 Å². The zero-order chi connectivity index (χ0) is 14.8. The number of nitrogens with one attached hydrogen (secondary N) is 2. The molecule has 114 valence electrons. The summed E-state index contributed by atoms with van der Waals surface area (Å²) in [6, 6.07) is 1.78. The first-order valence-corrected chi connectivity index (χ1v) is 9.61. The lowest BCUT2D eigenvalue weighted by Crippen LogP contribution is -2.37. The van der Waals surface area contributed by atoms with Gasteiger partial charge in [-0.25, -0.2) is 13.1 Å². The quantitative estimate of drug-likeness (QED) is 0.848. The van der Waals surface area contributed by atoms with Gasteiger partial charge in [0.05, 0.1) is 4.90 Å². The molecule has 1 aromatic heterocycles. The van der Waals surface area contributed by atoms with Gasteiger partial charge in [0.15, 0.2) is 0 Å². The molecule has 0 spiro atoms. The molecule has 1 fully saturated rings. The maximum absolute atomic E-state index is 12.6. The average Bonchev–Trinajstić information content (AvgIpc) is 2.99. The SMILES string of the molecule is CCNCc1sccc1S(=O)(=O)NC1CCC(C)C1C. The van der Waals surface area contributed by atoms with Crippen LogP contribution in [0.2, 0.25) is 0 Å². The van der Waals surface area contributed by atoms with E-state index in [0.717, 1.165) is 24.3 Å². The molecule has 1 aromatic rings. The molecule has 2 N–H and O–H groups in total. The van der Waals surface area contributed by atoms with Crippen LogP contribution in [0.3, 0.4) is 0 Å². The van der Waals surface area contributed by atoms with Gasteiger partial charge in [0.25, 0.3) is 0 Å². The molecule has 0 bridgehead atoms. The van der Waals surface area contributed by atoms with Crippen molar-refractivity contribution < 1.29 is 8.42 Å². The highest BCUT2D eigenvalue weighted by Crippen LogP contribution is 2.32. The van der Waals surface area contributed by atoms with E-state index in [9.17, 15) is 8.42 Å². The fourth-order valence-electron chi connectivity index (χ4n) is 2.73. The summed E-state index contributed by atoms with van der Waals surface area (Å²) in [5.74, 6) is 0.993. The van der Waals surface area contributed by atoms with Crippen molar-refractivity contribution in [3.63, 3.8) is 0 Å². The molecular weight excluding hydrogens is 292 g/mol. The third kappa shape index (κ3) is 3.42. The average molecular weight is 316 g/mol. The van der Waals surface area contributed by atoms with Crippen molar-refractivity contribution >= 4 is 21.4 Å². The van der Waals surface area contributed by atoms with Crippen LogP contribution in [0.5, 0.6) is 0 Å². The monoisotopic (exact) mass is 316 g/mol. The number of hydrogen-bond acceptors (Lipinski definition) is 4. The Labute approximate surface area is 126 Å². The third-order valence-electron chi connectivity index (χ3n) is 4.30. The molecule has 2 rings (SSSR count). The minimum atomic E-state index is -3.40. The van der Waals surface area contributed by atoms with Crippen molar-refractivity contribution in [2.24, 2.45) is 11.8 Å². The number of sulfonamides is 1. The summed E-state index contributed by atoms with van der Waals surface area (Å²) in [4.78, 5) is 1.33. The first kappa shape index (κ1) is 15.9. The molecule has 0 aromatic carbocycles. The minimum absolute atomic E-state index is 0.0712. The molecule has 1 aliphatic rings. The van der Waals surface area contributed by atoms with E-state index in [1.54, 1.807) is 6.07 Å². The molecule has 0 radical (unpaired) electrons. The van der Waals surface area contributed by atoms with Crippen LogP contribution in [0.4, 0.5) is 0 Å². The van der Waals surface area contributed by atoms with Crippen LogP contribution in [0.25, 0.3) is 0 Å². The molecule has 6 heteroatoms. The topological polar surface area (TPSA) is 58.2 Å². The Kier molecular flexibility index (Phi) is 5.23. The van der Waals surface area contributed by atoms with Gasteiger partial charge in [-0.2, -0.15) is 0 Å². The highest BCUT2D eigenvalue weighted by Gasteiger charge is 2.33.